The van der Waals surface area contributed by atoms with Gasteiger partial charge in [-0.2, -0.15) is 0 Å². The maximum Gasteiger partial charge on any atom is 0.340 e. The molecule has 1 fully saturated rings. The van der Waals surface area contributed by atoms with Crippen molar-refractivity contribution in [3.05, 3.63) is 65.2 Å². The van der Waals surface area contributed by atoms with Crippen molar-refractivity contribution in [3.63, 3.8) is 0 Å². The number of ether oxygens (including phenoxy) is 1. The molecule has 0 radical (unpaired) electrons. The summed E-state index contributed by atoms with van der Waals surface area (Å²) in [5, 5.41) is 0.233. The summed E-state index contributed by atoms with van der Waals surface area (Å²) in [6.07, 6.45) is 0.349. The summed E-state index contributed by atoms with van der Waals surface area (Å²) in [4.78, 5) is 26.4. The van der Waals surface area contributed by atoms with Crippen LogP contribution in [0.25, 0.3) is 0 Å². The van der Waals surface area contributed by atoms with Crippen molar-refractivity contribution in [3.8, 4) is 0 Å². The first kappa shape index (κ1) is 19.4. The van der Waals surface area contributed by atoms with Gasteiger partial charge < -0.3 is 9.64 Å². The lowest BCUT2D eigenvalue weighted by molar-refractivity contribution is -0.122. The molecule has 0 spiro atoms. The molecule has 1 aliphatic rings. The lowest BCUT2D eigenvalue weighted by Gasteiger charge is -2.28. The summed E-state index contributed by atoms with van der Waals surface area (Å²) in [6, 6.07) is 14.7. The van der Waals surface area contributed by atoms with E-state index in [0.29, 0.717) is 12.1 Å². The molecule has 1 heterocycles. The molecule has 0 saturated carbocycles. The molecular weight excluding hydrogens is 390 g/mol. The Kier molecular flexibility index (Phi) is 5.82. The number of carbonyl (C=O) groups excluding carboxylic acids is 2. The number of hydrogen-bond acceptors (Lipinski definition) is 5. The topological polar surface area (TPSA) is 80.8 Å². The molecule has 2 aromatic rings. The van der Waals surface area contributed by atoms with Gasteiger partial charge in [0.15, 0.2) is 16.4 Å². The molecule has 1 saturated heterocycles. The van der Waals surface area contributed by atoms with Crippen molar-refractivity contribution in [2.45, 2.75) is 12.5 Å². The van der Waals surface area contributed by atoms with Crippen LogP contribution in [0.5, 0.6) is 0 Å². The van der Waals surface area contributed by atoms with Gasteiger partial charge in [-0.05, 0) is 30.7 Å². The van der Waals surface area contributed by atoms with Crippen LogP contribution < -0.4 is 4.90 Å². The largest absolute Gasteiger partial charge is 0.452 e. The van der Waals surface area contributed by atoms with E-state index in [2.05, 4.69) is 0 Å². The van der Waals surface area contributed by atoms with E-state index in [1.807, 2.05) is 0 Å². The van der Waals surface area contributed by atoms with Crippen LogP contribution in [0.15, 0.2) is 54.6 Å². The minimum absolute atomic E-state index is 0.0354. The second kappa shape index (κ2) is 8.10. The van der Waals surface area contributed by atoms with Gasteiger partial charge in [-0.1, -0.05) is 41.9 Å². The molecule has 0 unspecified atom stereocenters. The van der Waals surface area contributed by atoms with E-state index < -0.39 is 34.4 Å². The summed E-state index contributed by atoms with van der Waals surface area (Å²) in [5.74, 6) is -1.26. The minimum Gasteiger partial charge on any atom is -0.452 e. The smallest absolute Gasteiger partial charge is 0.340 e. The zero-order valence-corrected chi connectivity index (χ0v) is 15.9. The van der Waals surface area contributed by atoms with Crippen LogP contribution in [0.3, 0.4) is 0 Å². The Morgan fingerprint density at radius 2 is 1.74 bits per heavy atom. The molecule has 0 N–H and O–H groups in total. The average Bonchev–Trinajstić information content (AvgIpc) is 3.00. The van der Waals surface area contributed by atoms with E-state index in [1.54, 1.807) is 48.5 Å². The van der Waals surface area contributed by atoms with Crippen molar-refractivity contribution in [1.82, 2.24) is 0 Å². The standard InChI is InChI=1S/C19H18ClNO5S/c20-17-9-5-4-8-16(17)19(23)26-12-18(22)21(14-6-2-1-3-7-14)15-10-11-27(24,25)13-15/h1-9,15H,10-13H2/t15-/m0/s1. The third-order valence-corrected chi connectivity index (χ3v) is 6.38. The molecular formula is C19H18ClNO5S. The maximum absolute atomic E-state index is 12.8. The Labute approximate surface area is 162 Å². The fourth-order valence-electron chi connectivity index (χ4n) is 3.03. The Hall–Kier alpha value is -2.38. The summed E-state index contributed by atoms with van der Waals surface area (Å²) in [5.41, 5.74) is 0.736. The maximum atomic E-state index is 12.8. The van der Waals surface area contributed by atoms with Gasteiger partial charge in [0.05, 0.1) is 28.1 Å². The first-order valence-corrected chi connectivity index (χ1v) is 10.6. The number of benzene rings is 2. The first-order chi connectivity index (χ1) is 12.9. The van der Waals surface area contributed by atoms with E-state index >= 15 is 0 Å². The fourth-order valence-corrected chi connectivity index (χ4v) is 4.94. The van der Waals surface area contributed by atoms with Crippen molar-refractivity contribution in [2.75, 3.05) is 23.0 Å². The summed E-state index contributed by atoms with van der Waals surface area (Å²) < 4.78 is 28.8. The van der Waals surface area contributed by atoms with E-state index in [0.717, 1.165) is 0 Å². The number of halogens is 1. The summed E-state index contributed by atoms with van der Waals surface area (Å²) in [7, 11) is -3.18. The Morgan fingerprint density at radius 1 is 1.07 bits per heavy atom. The Morgan fingerprint density at radius 3 is 2.37 bits per heavy atom. The normalized spacial score (nSPS) is 18.0. The molecule has 8 heteroatoms. The first-order valence-electron chi connectivity index (χ1n) is 8.36. The van der Waals surface area contributed by atoms with Gasteiger partial charge >= 0.3 is 5.97 Å². The second-order valence-corrected chi connectivity index (χ2v) is 8.85. The summed E-state index contributed by atoms with van der Waals surface area (Å²) in [6.45, 7) is -0.504. The molecule has 1 atom stereocenters. The lowest BCUT2D eigenvalue weighted by Crippen LogP contribution is -2.43. The second-order valence-electron chi connectivity index (χ2n) is 6.21. The SMILES string of the molecule is O=C(OCC(=O)N(c1ccccc1)[C@H]1CCS(=O)(=O)C1)c1ccccc1Cl. The van der Waals surface area contributed by atoms with Crippen LogP contribution in [0.1, 0.15) is 16.8 Å². The number of amides is 1. The molecule has 0 aliphatic carbocycles. The number of rotatable bonds is 5. The number of hydrogen-bond donors (Lipinski definition) is 0. The summed E-state index contributed by atoms with van der Waals surface area (Å²) >= 11 is 5.96. The van der Waals surface area contributed by atoms with Crippen LogP contribution in [0.2, 0.25) is 5.02 Å². The molecule has 1 aliphatic heterocycles. The van der Waals surface area contributed by atoms with Gasteiger partial charge in [0, 0.05) is 5.69 Å². The van der Waals surface area contributed by atoms with Crippen LogP contribution >= 0.6 is 11.6 Å². The van der Waals surface area contributed by atoms with Gasteiger partial charge in [-0.15, -0.1) is 0 Å². The number of nitrogens with zero attached hydrogens (tertiary/aromatic N) is 1. The average molecular weight is 408 g/mol. The molecule has 2 aromatic carbocycles. The van der Waals surface area contributed by atoms with E-state index in [9.17, 15) is 18.0 Å². The van der Waals surface area contributed by atoms with Gasteiger partial charge in [-0.25, -0.2) is 13.2 Å². The number of sulfone groups is 1. The molecule has 1 amide bonds. The molecule has 27 heavy (non-hydrogen) atoms. The van der Waals surface area contributed by atoms with Crippen LogP contribution in [-0.2, 0) is 19.4 Å². The highest BCUT2D eigenvalue weighted by atomic mass is 35.5. The van der Waals surface area contributed by atoms with Crippen molar-refractivity contribution in [1.29, 1.82) is 0 Å². The minimum atomic E-state index is -3.18. The highest BCUT2D eigenvalue weighted by molar-refractivity contribution is 7.91. The molecule has 142 valence electrons. The van der Waals surface area contributed by atoms with Crippen LogP contribution in [0.4, 0.5) is 5.69 Å². The third-order valence-electron chi connectivity index (χ3n) is 4.30. The Balaban J connectivity index is 1.76. The van der Waals surface area contributed by atoms with Gasteiger partial charge in [0.25, 0.3) is 5.91 Å². The number of anilines is 1. The number of carbonyl (C=O) groups is 2. The fraction of sp³-hybridized carbons (Fsp3) is 0.263. The van der Waals surface area contributed by atoms with Gasteiger partial charge in [0.2, 0.25) is 0 Å². The van der Waals surface area contributed by atoms with Crippen molar-refractivity contribution < 1.29 is 22.7 Å². The van der Waals surface area contributed by atoms with Gasteiger partial charge in [-0.3, -0.25) is 4.79 Å². The predicted molar refractivity (Wildman–Crippen MR) is 103 cm³/mol. The number of para-hydroxylation sites is 1. The molecule has 3 rings (SSSR count). The monoisotopic (exact) mass is 407 g/mol. The van der Waals surface area contributed by atoms with E-state index in [-0.39, 0.29) is 22.1 Å². The molecule has 0 bridgehead atoms. The number of esters is 1. The lowest BCUT2D eigenvalue weighted by atomic mass is 10.2. The molecule has 6 nitrogen and oxygen atoms in total. The quantitative estimate of drug-likeness (QED) is 0.712. The van der Waals surface area contributed by atoms with E-state index in [4.69, 9.17) is 16.3 Å². The van der Waals surface area contributed by atoms with Crippen LogP contribution in [-0.4, -0.2) is 44.4 Å². The van der Waals surface area contributed by atoms with E-state index in [1.165, 1.54) is 11.0 Å². The highest BCUT2D eigenvalue weighted by Gasteiger charge is 2.35. The van der Waals surface area contributed by atoms with Crippen LogP contribution in [0, 0.1) is 0 Å². The predicted octanol–water partition coefficient (Wildman–Crippen LogP) is 2.72. The van der Waals surface area contributed by atoms with Crippen molar-refractivity contribution in [2.24, 2.45) is 0 Å². The Bertz CT molecular complexity index is 946. The zero-order chi connectivity index (χ0) is 19.4. The van der Waals surface area contributed by atoms with Gasteiger partial charge in [0.1, 0.15) is 0 Å². The molecule has 0 aromatic heterocycles. The van der Waals surface area contributed by atoms with Crippen molar-refractivity contribution >= 4 is 39.0 Å². The third kappa shape index (κ3) is 4.67. The zero-order valence-electron chi connectivity index (χ0n) is 14.4. The highest BCUT2D eigenvalue weighted by Crippen LogP contribution is 2.25.